The van der Waals surface area contributed by atoms with Gasteiger partial charge in [-0.2, -0.15) is 9.41 Å². The van der Waals surface area contributed by atoms with Gasteiger partial charge in [0, 0.05) is 11.0 Å². The minimum Gasteiger partial charge on any atom is -0.504 e. The lowest BCUT2D eigenvalue weighted by molar-refractivity contribution is -0.121. The Labute approximate surface area is 227 Å². The van der Waals surface area contributed by atoms with Gasteiger partial charge in [-0.25, -0.2) is 13.8 Å². The number of phenols is 1. The van der Waals surface area contributed by atoms with Crippen molar-refractivity contribution in [1.82, 2.24) is 9.73 Å². The van der Waals surface area contributed by atoms with Gasteiger partial charge in [-0.1, -0.05) is 45.2 Å². The van der Waals surface area contributed by atoms with E-state index in [4.69, 9.17) is 27.9 Å². The third kappa shape index (κ3) is 7.44. The van der Waals surface area contributed by atoms with Crippen molar-refractivity contribution in [3.63, 3.8) is 0 Å². The number of amides is 1. The lowest BCUT2D eigenvalue weighted by Gasteiger charge is -2.22. The quantitative estimate of drug-likeness (QED) is 0.241. The van der Waals surface area contributed by atoms with Crippen LogP contribution in [-0.2, 0) is 21.4 Å². The predicted octanol–water partition coefficient (Wildman–Crippen LogP) is 5.20. The van der Waals surface area contributed by atoms with Gasteiger partial charge in [0.25, 0.3) is 5.91 Å². The summed E-state index contributed by atoms with van der Waals surface area (Å²) in [6, 6.07) is 15.4. The van der Waals surface area contributed by atoms with E-state index in [0.29, 0.717) is 27.2 Å². The van der Waals surface area contributed by atoms with Crippen LogP contribution in [0.5, 0.6) is 11.5 Å². The van der Waals surface area contributed by atoms with E-state index in [-0.39, 0.29) is 28.0 Å². The molecule has 0 unspecified atom stereocenters. The van der Waals surface area contributed by atoms with Crippen LogP contribution in [0.2, 0.25) is 10.0 Å². The number of sulfonamides is 1. The van der Waals surface area contributed by atoms with Gasteiger partial charge in [-0.3, -0.25) is 4.79 Å². The summed E-state index contributed by atoms with van der Waals surface area (Å²) in [6.07, 6.45) is 1.35. The van der Waals surface area contributed by atoms with Crippen LogP contribution in [0.25, 0.3) is 0 Å². The average Bonchev–Trinajstić information content (AvgIpc) is 2.83. The number of hydrogen-bond donors (Lipinski definition) is 2. The first kappa shape index (κ1) is 27.9. The summed E-state index contributed by atoms with van der Waals surface area (Å²) >= 11 is 15.4. The maximum atomic E-state index is 13.4. The second-order valence-electron chi connectivity index (χ2n) is 7.43. The van der Waals surface area contributed by atoms with Gasteiger partial charge in [-0.05, 0) is 72.6 Å². The molecule has 8 nitrogen and oxygen atoms in total. The number of phenolic OH excluding ortho intramolecular Hbond substituents is 1. The van der Waals surface area contributed by atoms with Crippen LogP contribution in [0.1, 0.15) is 18.1 Å². The average molecular weight is 615 g/mol. The fourth-order valence-corrected chi connectivity index (χ4v) is 5.05. The summed E-state index contributed by atoms with van der Waals surface area (Å²) in [5.74, 6) is -0.397. The van der Waals surface area contributed by atoms with E-state index in [2.05, 4.69) is 26.5 Å². The SMILES string of the molecule is CCOc1cc(/C=N/NC(=O)CN(Cc2ccc(Cl)c(Cl)c2)S(=O)(=O)c2ccc(Br)cc2)ccc1O. The molecule has 0 aromatic heterocycles. The molecule has 0 atom stereocenters. The van der Waals surface area contributed by atoms with Crippen LogP contribution in [0.3, 0.4) is 0 Å². The highest BCUT2D eigenvalue weighted by Gasteiger charge is 2.27. The Kier molecular flexibility index (Phi) is 9.75. The van der Waals surface area contributed by atoms with Gasteiger partial charge in [0.1, 0.15) is 0 Å². The van der Waals surface area contributed by atoms with E-state index in [9.17, 15) is 18.3 Å². The van der Waals surface area contributed by atoms with Crippen LogP contribution in [-0.4, -0.2) is 43.1 Å². The maximum Gasteiger partial charge on any atom is 0.255 e. The zero-order valence-corrected chi connectivity index (χ0v) is 22.9. The van der Waals surface area contributed by atoms with Crippen molar-refractivity contribution in [2.24, 2.45) is 5.10 Å². The van der Waals surface area contributed by atoms with Crippen molar-refractivity contribution in [3.8, 4) is 11.5 Å². The number of aromatic hydroxyl groups is 1. The zero-order chi connectivity index (χ0) is 26.3. The number of hydrogen-bond acceptors (Lipinski definition) is 6. The molecular weight excluding hydrogens is 593 g/mol. The Morgan fingerprint density at radius 2 is 1.83 bits per heavy atom. The van der Waals surface area contributed by atoms with Gasteiger partial charge < -0.3 is 9.84 Å². The molecule has 0 radical (unpaired) electrons. The molecule has 2 N–H and O–H groups in total. The molecule has 3 aromatic carbocycles. The topological polar surface area (TPSA) is 108 Å². The van der Waals surface area contributed by atoms with Crippen LogP contribution in [0, 0.1) is 0 Å². The van der Waals surface area contributed by atoms with Crippen LogP contribution >= 0.6 is 39.1 Å². The Morgan fingerprint density at radius 3 is 2.50 bits per heavy atom. The zero-order valence-electron chi connectivity index (χ0n) is 19.0. The van der Waals surface area contributed by atoms with Crippen molar-refractivity contribution < 1.29 is 23.1 Å². The number of rotatable bonds is 10. The van der Waals surface area contributed by atoms with E-state index in [0.717, 1.165) is 4.31 Å². The number of halogens is 3. The fraction of sp³-hybridized carbons (Fsp3) is 0.167. The minimum absolute atomic E-state index is 0.0193. The minimum atomic E-state index is -4.05. The van der Waals surface area contributed by atoms with E-state index in [1.165, 1.54) is 24.4 Å². The fourth-order valence-electron chi connectivity index (χ4n) is 3.08. The number of nitrogens with one attached hydrogen (secondary N) is 1. The lowest BCUT2D eigenvalue weighted by atomic mass is 10.2. The van der Waals surface area contributed by atoms with Gasteiger partial charge in [-0.15, -0.1) is 0 Å². The van der Waals surface area contributed by atoms with Crippen molar-refractivity contribution >= 4 is 61.3 Å². The first-order chi connectivity index (χ1) is 17.1. The molecule has 0 bridgehead atoms. The number of ether oxygens (including phenoxy) is 1. The number of carbonyl (C=O) groups excluding carboxylic acids is 1. The highest BCUT2D eigenvalue weighted by atomic mass is 79.9. The monoisotopic (exact) mass is 613 g/mol. The van der Waals surface area contributed by atoms with Crippen LogP contribution in [0.4, 0.5) is 0 Å². The number of carbonyl (C=O) groups is 1. The Morgan fingerprint density at radius 1 is 1.11 bits per heavy atom. The molecule has 36 heavy (non-hydrogen) atoms. The van der Waals surface area contributed by atoms with Crippen molar-refractivity contribution in [1.29, 1.82) is 0 Å². The molecule has 3 rings (SSSR count). The van der Waals surface area contributed by atoms with Gasteiger partial charge in [0.05, 0.1) is 34.3 Å². The molecule has 190 valence electrons. The summed E-state index contributed by atoms with van der Waals surface area (Å²) in [6.45, 7) is 1.52. The number of hydrazone groups is 1. The first-order valence-electron chi connectivity index (χ1n) is 10.6. The Hall–Kier alpha value is -2.63. The first-order valence-corrected chi connectivity index (χ1v) is 13.6. The maximum absolute atomic E-state index is 13.4. The predicted molar refractivity (Wildman–Crippen MR) is 143 cm³/mol. The summed E-state index contributed by atoms with van der Waals surface area (Å²) in [4.78, 5) is 12.7. The highest BCUT2D eigenvalue weighted by Crippen LogP contribution is 2.27. The van der Waals surface area contributed by atoms with E-state index < -0.39 is 22.5 Å². The number of benzene rings is 3. The third-order valence-corrected chi connectivity index (χ3v) is 7.87. The number of nitrogens with zero attached hydrogens (tertiary/aromatic N) is 2. The molecule has 0 aliphatic carbocycles. The second-order valence-corrected chi connectivity index (χ2v) is 11.1. The summed E-state index contributed by atoms with van der Waals surface area (Å²) in [5.41, 5.74) is 3.44. The molecule has 0 aliphatic rings. The molecule has 1 amide bonds. The van der Waals surface area contributed by atoms with Gasteiger partial charge in [0.15, 0.2) is 11.5 Å². The van der Waals surface area contributed by atoms with E-state index >= 15 is 0 Å². The second kappa shape index (κ2) is 12.6. The van der Waals surface area contributed by atoms with Gasteiger partial charge >= 0.3 is 0 Å². The van der Waals surface area contributed by atoms with Crippen molar-refractivity contribution in [2.45, 2.75) is 18.4 Å². The molecule has 0 saturated heterocycles. The van der Waals surface area contributed by atoms with Crippen LogP contribution in [0.15, 0.2) is 75.1 Å². The van der Waals surface area contributed by atoms with Crippen molar-refractivity contribution in [2.75, 3.05) is 13.2 Å². The van der Waals surface area contributed by atoms with Gasteiger partial charge in [0.2, 0.25) is 10.0 Å². The summed E-state index contributed by atoms with van der Waals surface area (Å²) < 4.78 is 33.8. The van der Waals surface area contributed by atoms with E-state index in [1.54, 1.807) is 49.4 Å². The molecule has 0 spiro atoms. The molecule has 12 heteroatoms. The molecular formula is C24H22BrCl2N3O5S. The Bertz CT molecular complexity index is 1370. The highest BCUT2D eigenvalue weighted by molar-refractivity contribution is 9.10. The molecule has 0 saturated carbocycles. The van der Waals surface area contributed by atoms with E-state index in [1.807, 2.05) is 0 Å². The van der Waals surface area contributed by atoms with Crippen LogP contribution < -0.4 is 10.2 Å². The summed E-state index contributed by atoms with van der Waals surface area (Å²) in [7, 11) is -4.05. The largest absolute Gasteiger partial charge is 0.504 e. The smallest absolute Gasteiger partial charge is 0.255 e. The van der Waals surface area contributed by atoms with Crippen molar-refractivity contribution in [3.05, 3.63) is 86.3 Å². The standard InChI is InChI=1S/C24H22BrCl2N3O5S/c1-2-35-23-12-16(4-10-22(23)31)13-28-29-24(32)15-30(14-17-3-9-20(26)21(27)11-17)36(33,34)19-7-5-18(25)6-8-19/h3-13,31H,2,14-15H2,1H3,(H,29,32)/b28-13+. The third-order valence-electron chi connectivity index (χ3n) is 4.80. The molecule has 0 aliphatic heterocycles. The molecule has 0 heterocycles. The Balaban J connectivity index is 1.79. The molecule has 0 fully saturated rings. The normalized spacial score (nSPS) is 11.7. The molecule has 3 aromatic rings. The lowest BCUT2D eigenvalue weighted by Crippen LogP contribution is -2.39. The summed E-state index contributed by atoms with van der Waals surface area (Å²) in [5, 5.41) is 14.3.